The van der Waals surface area contributed by atoms with Gasteiger partial charge in [0.05, 0.1) is 12.8 Å². The lowest BCUT2D eigenvalue weighted by Crippen LogP contribution is -2.19. The molecule has 0 spiro atoms. The van der Waals surface area contributed by atoms with Crippen LogP contribution in [0.4, 0.5) is 17.1 Å². The van der Waals surface area contributed by atoms with Gasteiger partial charge in [-0.2, -0.15) is 5.11 Å². The van der Waals surface area contributed by atoms with Crippen LogP contribution >= 0.6 is 0 Å². The average molecular weight is 337 g/mol. The van der Waals surface area contributed by atoms with Crippen LogP contribution in [0.1, 0.15) is 12.0 Å². The van der Waals surface area contributed by atoms with E-state index in [1.54, 1.807) is 7.11 Å². The molecular weight excluding hydrogens is 316 g/mol. The molecule has 0 N–H and O–H groups in total. The summed E-state index contributed by atoms with van der Waals surface area (Å²) in [6.45, 7) is 5.11. The molecule has 0 aliphatic heterocycles. The quantitative estimate of drug-likeness (QED) is 0.278. The number of nitrogens with zero attached hydrogens (tertiary/aromatic N) is 6. The third-order valence-electron chi connectivity index (χ3n) is 3.63. The second-order valence-corrected chi connectivity index (χ2v) is 5.45. The molecule has 129 valence electrons. The summed E-state index contributed by atoms with van der Waals surface area (Å²) in [4.78, 5) is 4.83. The number of azo groups is 1. The fraction of sp³-hybridized carbons (Fsp3) is 0.278. The molecule has 0 fully saturated rings. The summed E-state index contributed by atoms with van der Waals surface area (Å²) in [7, 11) is 3.59. The molecule has 7 nitrogen and oxygen atoms in total. The van der Waals surface area contributed by atoms with Crippen LogP contribution in [-0.2, 0) is 0 Å². The van der Waals surface area contributed by atoms with Gasteiger partial charge in [-0.3, -0.25) is 0 Å². The number of anilines is 1. The third kappa shape index (κ3) is 5.51. The van der Waals surface area contributed by atoms with E-state index in [2.05, 4.69) is 32.1 Å². The van der Waals surface area contributed by atoms with Crippen molar-refractivity contribution in [2.75, 3.05) is 32.1 Å². The fourth-order valence-corrected chi connectivity index (χ4v) is 2.21. The van der Waals surface area contributed by atoms with Crippen LogP contribution in [0.15, 0.2) is 57.8 Å². The van der Waals surface area contributed by atoms with Crippen molar-refractivity contribution in [3.8, 4) is 5.75 Å². The van der Waals surface area contributed by atoms with E-state index in [-0.39, 0.29) is 0 Å². The fourth-order valence-electron chi connectivity index (χ4n) is 2.21. The topological polar surface area (TPSA) is 86.0 Å². The highest BCUT2D eigenvalue weighted by atomic mass is 16.5. The molecule has 0 aliphatic rings. The zero-order valence-corrected chi connectivity index (χ0v) is 14.5. The van der Waals surface area contributed by atoms with E-state index in [4.69, 9.17) is 10.3 Å². The summed E-state index contributed by atoms with van der Waals surface area (Å²) >= 11 is 0. The maximum atomic E-state index is 8.30. The Balaban J connectivity index is 2.10. The van der Waals surface area contributed by atoms with Gasteiger partial charge in [0.1, 0.15) is 11.4 Å². The molecular formula is C18H21N6O. The zero-order valence-electron chi connectivity index (χ0n) is 14.5. The number of hydrogen-bond donors (Lipinski definition) is 0. The summed E-state index contributed by atoms with van der Waals surface area (Å²) in [5, 5.41) is 12.0. The average Bonchev–Trinajstić information content (AvgIpc) is 2.64. The minimum atomic E-state index is 0.482. The Hall–Kier alpha value is -3.05. The Labute approximate surface area is 147 Å². The lowest BCUT2D eigenvalue weighted by atomic mass is 10.2. The van der Waals surface area contributed by atoms with E-state index in [1.165, 1.54) is 0 Å². The molecule has 7 heteroatoms. The molecule has 0 atom stereocenters. The van der Waals surface area contributed by atoms with Gasteiger partial charge in [-0.05, 0) is 48.7 Å². The number of azide groups is 1. The number of rotatable bonds is 8. The summed E-state index contributed by atoms with van der Waals surface area (Å²) < 4.78 is 5.43. The minimum Gasteiger partial charge on any atom is -0.494 e. The van der Waals surface area contributed by atoms with Crippen molar-refractivity contribution in [1.29, 1.82) is 0 Å². The Morgan fingerprint density at radius 1 is 1.16 bits per heavy atom. The van der Waals surface area contributed by atoms with Crippen molar-refractivity contribution in [3.63, 3.8) is 0 Å². The highest BCUT2D eigenvalue weighted by Gasteiger charge is 2.07. The van der Waals surface area contributed by atoms with Gasteiger partial charge in [0, 0.05) is 36.8 Å². The second kappa shape index (κ2) is 9.30. The first kappa shape index (κ1) is 18.3. The first-order chi connectivity index (χ1) is 12.1. The summed E-state index contributed by atoms with van der Waals surface area (Å²) in [5.74, 6) is 0.650. The van der Waals surface area contributed by atoms with E-state index in [9.17, 15) is 0 Å². The van der Waals surface area contributed by atoms with Crippen LogP contribution in [0.5, 0.6) is 5.75 Å². The van der Waals surface area contributed by atoms with Crippen LogP contribution in [-0.4, -0.2) is 27.2 Å². The van der Waals surface area contributed by atoms with Gasteiger partial charge in [-0.25, -0.2) is 0 Å². The molecule has 0 unspecified atom stereocenters. The zero-order chi connectivity index (χ0) is 18.1. The van der Waals surface area contributed by atoms with E-state index in [0.717, 1.165) is 29.9 Å². The summed E-state index contributed by atoms with van der Waals surface area (Å²) in [5.41, 5.74) is 11.7. The van der Waals surface area contributed by atoms with Crippen LogP contribution in [0, 0.1) is 6.92 Å². The van der Waals surface area contributed by atoms with Crippen LogP contribution in [0.3, 0.4) is 0 Å². The van der Waals surface area contributed by atoms with Crippen LogP contribution in [0.2, 0.25) is 0 Å². The molecule has 2 aromatic rings. The Kier molecular flexibility index (Phi) is 6.80. The van der Waals surface area contributed by atoms with Gasteiger partial charge < -0.3 is 9.64 Å². The number of ether oxygens (including phenoxy) is 1. The SMILES string of the molecule is [CH2]c1ccc(/N=N/c2ccc(N(C)CCCN=[N+]=[N-])cc2OC)cc1. The molecule has 25 heavy (non-hydrogen) atoms. The molecule has 2 aromatic carbocycles. The Morgan fingerprint density at radius 2 is 1.92 bits per heavy atom. The van der Waals surface area contributed by atoms with E-state index in [1.807, 2.05) is 49.5 Å². The standard InChI is InChI=1S/C18H21N6O/c1-14-5-7-15(8-6-14)21-22-17-10-9-16(13-18(17)25-3)24(2)12-4-11-20-23-19/h5-10,13H,1,4,11-12H2,2-3H3/b22-21+. The summed E-state index contributed by atoms with van der Waals surface area (Å²) in [6, 6.07) is 13.3. The highest BCUT2D eigenvalue weighted by molar-refractivity contribution is 5.61. The third-order valence-corrected chi connectivity index (χ3v) is 3.63. The van der Waals surface area contributed by atoms with Crippen molar-refractivity contribution in [1.82, 2.24) is 0 Å². The van der Waals surface area contributed by atoms with Gasteiger partial charge >= 0.3 is 0 Å². The molecule has 0 aromatic heterocycles. The lowest BCUT2D eigenvalue weighted by Gasteiger charge is -2.19. The molecule has 0 saturated heterocycles. The first-order valence-corrected chi connectivity index (χ1v) is 7.88. The van der Waals surface area contributed by atoms with Gasteiger partial charge in [0.2, 0.25) is 0 Å². The first-order valence-electron chi connectivity index (χ1n) is 7.88. The minimum absolute atomic E-state index is 0.482. The summed E-state index contributed by atoms with van der Waals surface area (Å²) in [6.07, 6.45) is 0.784. The van der Waals surface area contributed by atoms with Crippen LogP contribution < -0.4 is 9.64 Å². The molecule has 2 rings (SSSR count). The Bertz CT molecular complexity index is 766. The highest BCUT2D eigenvalue weighted by Crippen LogP contribution is 2.33. The number of methoxy groups -OCH3 is 1. The Morgan fingerprint density at radius 3 is 2.60 bits per heavy atom. The monoisotopic (exact) mass is 337 g/mol. The number of benzene rings is 2. The van der Waals surface area contributed by atoms with Gasteiger partial charge in [-0.1, -0.05) is 17.2 Å². The molecule has 0 aliphatic carbocycles. The normalized spacial score (nSPS) is 10.5. The largest absolute Gasteiger partial charge is 0.494 e. The lowest BCUT2D eigenvalue weighted by molar-refractivity contribution is 0.416. The van der Waals surface area contributed by atoms with Crippen molar-refractivity contribution < 1.29 is 4.74 Å². The van der Waals surface area contributed by atoms with E-state index < -0.39 is 0 Å². The van der Waals surface area contributed by atoms with Crippen LogP contribution in [0.25, 0.3) is 10.4 Å². The predicted octanol–water partition coefficient (Wildman–Crippen LogP) is 5.43. The molecule has 0 bridgehead atoms. The predicted molar refractivity (Wildman–Crippen MR) is 100.0 cm³/mol. The maximum Gasteiger partial charge on any atom is 0.148 e. The van der Waals surface area contributed by atoms with Gasteiger partial charge in [0.15, 0.2) is 0 Å². The smallest absolute Gasteiger partial charge is 0.148 e. The van der Waals surface area contributed by atoms with E-state index >= 15 is 0 Å². The second-order valence-electron chi connectivity index (χ2n) is 5.45. The van der Waals surface area contributed by atoms with Gasteiger partial charge in [-0.15, -0.1) is 5.11 Å². The molecule has 1 radical (unpaired) electrons. The van der Waals surface area contributed by atoms with Gasteiger partial charge in [0.25, 0.3) is 0 Å². The number of hydrogen-bond acceptors (Lipinski definition) is 5. The van der Waals surface area contributed by atoms with Crippen molar-refractivity contribution in [2.24, 2.45) is 15.3 Å². The van der Waals surface area contributed by atoms with Crippen molar-refractivity contribution in [3.05, 3.63) is 65.4 Å². The maximum absolute atomic E-state index is 8.30. The van der Waals surface area contributed by atoms with Crippen molar-refractivity contribution in [2.45, 2.75) is 6.42 Å². The molecule has 0 saturated carbocycles. The molecule has 0 amide bonds. The van der Waals surface area contributed by atoms with Crippen molar-refractivity contribution >= 4 is 17.1 Å². The molecule has 0 heterocycles. The van der Waals surface area contributed by atoms with E-state index in [0.29, 0.717) is 18.0 Å².